The Kier molecular flexibility index (Phi) is 7.17. The smallest absolute Gasteiger partial charge is 0.223 e. The van der Waals surface area contributed by atoms with E-state index in [0.717, 1.165) is 25.7 Å². The zero-order valence-electron chi connectivity index (χ0n) is 12.2. The molecular weight excluding hydrogens is 210 g/mol. The van der Waals surface area contributed by atoms with Crippen LogP contribution in [-0.2, 0) is 4.79 Å². The van der Waals surface area contributed by atoms with Crippen LogP contribution in [0.2, 0.25) is 0 Å². The van der Waals surface area contributed by atoms with Crippen LogP contribution < -0.4 is 5.32 Å². The van der Waals surface area contributed by atoms with Crippen molar-refractivity contribution in [2.75, 3.05) is 0 Å². The summed E-state index contributed by atoms with van der Waals surface area (Å²) in [6, 6.07) is 0. The molecule has 0 aromatic rings. The Morgan fingerprint density at radius 1 is 1.29 bits per heavy atom. The maximum atomic E-state index is 12.3. The van der Waals surface area contributed by atoms with Crippen LogP contribution in [0.5, 0.6) is 0 Å². The lowest BCUT2D eigenvalue weighted by atomic mass is 9.83. The van der Waals surface area contributed by atoms with Gasteiger partial charge in [0.15, 0.2) is 0 Å². The molecule has 1 N–H and O–H groups in total. The summed E-state index contributed by atoms with van der Waals surface area (Å²) in [5.74, 6) is 0.813. The van der Waals surface area contributed by atoms with Crippen molar-refractivity contribution in [3.8, 4) is 0 Å². The van der Waals surface area contributed by atoms with Gasteiger partial charge in [-0.05, 0) is 39.5 Å². The molecule has 0 aliphatic rings. The zero-order chi connectivity index (χ0) is 13.5. The Bertz CT molecular complexity index is 236. The minimum atomic E-state index is -0.143. The Hall–Kier alpha value is -0.790. The SMILES string of the molecule is C=CCCC(C(=O)NC(C)(C)C)C(CC)CC. The van der Waals surface area contributed by atoms with E-state index in [0.29, 0.717) is 5.92 Å². The fourth-order valence-corrected chi connectivity index (χ4v) is 2.20. The molecule has 1 unspecified atom stereocenters. The summed E-state index contributed by atoms with van der Waals surface area (Å²) in [6.45, 7) is 14.2. The summed E-state index contributed by atoms with van der Waals surface area (Å²) in [5.41, 5.74) is -0.143. The first-order valence-corrected chi connectivity index (χ1v) is 6.78. The van der Waals surface area contributed by atoms with Crippen LogP contribution >= 0.6 is 0 Å². The predicted octanol–water partition coefficient (Wildman–Crippen LogP) is 3.92. The molecule has 100 valence electrons. The molecule has 0 fully saturated rings. The van der Waals surface area contributed by atoms with Gasteiger partial charge in [0.2, 0.25) is 5.91 Å². The molecule has 0 radical (unpaired) electrons. The molecule has 0 rings (SSSR count). The standard InChI is InChI=1S/C15H29NO/c1-7-10-11-13(12(8-2)9-3)14(17)16-15(4,5)6/h7,12-13H,1,8-11H2,2-6H3,(H,16,17). The third-order valence-corrected chi connectivity index (χ3v) is 3.13. The second kappa shape index (κ2) is 7.52. The van der Waals surface area contributed by atoms with E-state index in [1.54, 1.807) is 0 Å². The maximum absolute atomic E-state index is 12.3. The molecular formula is C15H29NO. The molecule has 0 saturated carbocycles. The van der Waals surface area contributed by atoms with E-state index in [1.165, 1.54) is 0 Å². The number of hydrogen-bond acceptors (Lipinski definition) is 1. The van der Waals surface area contributed by atoms with Crippen molar-refractivity contribution in [2.45, 2.75) is 65.8 Å². The van der Waals surface area contributed by atoms with Gasteiger partial charge in [-0.2, -0.15) is 0 Å². The summed E-state index contributed by atoms with van der Waals surface area (Å²) >= 11 is 0. The fraction of sp³-hybridized carbons (Fsp3) is 0.800. The molecule has 0 saturated heterocycles. The molecule has 0 aliphatic carbocycles. The minimum absolute atomic E-state index is 0.127. The quantitative estimate of drug-likeness (QED) is 0.670. The molecule has 2 heteroatoms. The highest BCUT2D eigenvalue weighted by Gasteiger charge is 2.27. The van der Waals surface area contributed by atoms with Crippen molar-refractivity contribution in [1.29, 1.82) is 0 Å². The summed E-state index contributed by atoms with van der Waals surface area (Å²) in [4.78, 5) is 12.3. The van der Waals surface area contributed by atoms with Crippen LogP contribution in [-0.4, -0.2) is 11.4 Å². The van der Waals surface area contributed by atoms with Gasteiger partial charge in [0.05, 0.1) is 0 Å². The van der Waals surface area contributed by atoms with E-state index in [2.05, 4.69) is 25.7 Å². The number of nitrogens with one attached hydrogen (secondary N) is 1. The van der Waals surface area contributed by atoms with Crippen LogP contribution in [0.4, 0.5) is 0 Å². The third-order valence-electron chi connectivity index (χ3n) is 3.13. The lowest BCUT2D eigenvalue weighted by molar-refractivity contribution is -0.128. The molecule has 2 nitrogen and oxygen atoms in total. The topological polar surface area (TPSA) is 29.1 Å². The summed E-state index contributed by atoms with van der Waals surface area (Å²) in [7, 11) is 0. The summed E-state index contributed by atoms with van der Waals surface area (Å²) in [6.07, 6.45) is 5.86. The van der Waals surface area contributed by atoms with Gasteiger partial charge in [0.1, 0.15) is 0 Å². The molecule has 1 atom stereocenters. The minimum Gasteiger partial charge on any atom is -0.351 e. The van der Waals surface area contributed by atoms with Gasteiger partial charge in [0.25, 0.3) is 0 Å². The van der Waals surface area contributed by atoms with Crippen molar-refractivity contribution < 1.29 is 4.79 Å². The van der Waals surface area contributed by atoms with Gasteiger partial charge in [0, 0.05) is 11.5 Å². The van der Waals surface area contributed by atoms with Gasteiger partial charge in [-0.25, -0.2) is 0 Å². The maximum Gasteiger partial charge on any atom is 0.223 e. The third kappa shape index (κ3) is 6.50. The van der Waals surface area contributed by atoms with Gasteiger partial charge < -0.3 is 5.32 Å². The highest BCUT2D eigenvalue weighted by molar-refractivity contribution is 5.79. The van der Waals surface area contributed by atoms with E-state index in [4.69, 9.17) is 0 Å². The van der Waals surface area contributed by atoms with E-state index in [-0.39, 0.29) is 17.4 Å². The van der Waals surface area contributed by atoms with Gasteiger partial charge in [-0.1, -0.05) is 32.8 Å². The first-order chi connectivity index (χ1) is 7.85. The Balaban J connectivity index is 4.65. The van der Waals surface area contributed by atoms with Crippen molar-refractivity contribution in [2.24, 2.45) is 11.8 Å². The molecule has 0 aliphatic heterocycles. The largest absolute Gasteiger partial charge is 0.351 e. The van der Waals surface area contributed by atoms with Crippen LogP contribution in [0, 0.1) is 11.8 Å². The summed E-state index contributed by atoms with van der Waals surface area (Å²) in [5, 5.41) is 3.10. The number of allylic oxidation sites excluding steroid dienone is 1. The molecule has 1 amide bonds. The molecule has 17 heavy (non-hydrogen) atoms. The molecule has 0 aromatic heterocycles. The monoisotopic (exact) mass is 239 g/mol. The lowest BCUT2D eigenvalue weighted by Gasteiger charge is -2.29. The molecule has 0 bridgehead atoms. The van der Waals surface area contributed by atoms with E-state index < -0.39 is 0 Å². The second-order valence-electron chi connectivity index (χ2n) is 5.79. The van der Waals surface area contributed by atoms with Crippen molar-refractivity contribution in [1.82, 2.24) is 5.32 Å². The highest BCUT2D eigenvalue weighted by Crippen LogP contribution is 2.25. The van der Waals surface area contributed by atoms with Gasteiger partial charge in [-0.3, -0.25) is 4.79 Å². The number of rotatable bonds is 7. The lowest BCUT2D eigenvalue weighted by Crippen LogP contribution is -2.45. The molecule has 0 heterocycles. The van der Waals surface area contributed by atoms with E-state index in [1.807, 2.05) is 26.8 Å². The Morgan fingerprint density at radius 3 is 2.18 bits per heavy atom. The van der Waals surface area contributed by atoms with Crippen LogP contribution in [0.25, 0.3) is 0 Å². The first-order valence-electron chi connectivity index (χ1n) is 6.78. The van der Waals surface area contributed by atoms with Crippen LogP contribution in [0.3, 0.4) is 0 Å². The normalized spacial score (nSPS) is 13.5. The number of carbonyl (C=O) groups excluding carboxylic acids is 1. The number of amides is 1. The average Bonchev–Trinajstić information content (AvgIpc) is 2.21. The van der Waals surface area contributed by atoms with Crippen molar-refractivity contribution >= 4 is 5.91 Å². The second-order valence-corrected chi connectivity index (χ2v) is 5.79. The Labute approximate surface area is 107 Å². The zero-order valence-corrected chi connectivity index (χ0v) is 12.2. The van der Waals surface area contributed by atoms with Crippen molar-refractivity contribution in [3.63, 3.8) is 0 Å². The predicted molar refractivity (Wildman–Crippen MR) is 74.9 cm³/mol. The van der Waals surface area contributed by atoms with Crippen LogP contribution in [0.1, 0.15) is 60.3 Å². The molecule has 0 aromatic carbocycles. The summed E-state index contributed by atoms with van der Waals surface area (Å²) < 4.78 is 0. The fourth-order valence-electron chi connectivity index (χ4n) is 2.20. The first kappa shape index (κ1) is 16.2. The molecule has 0 spiro atoms. The van der Waals surface area contributed by atoms with Crippen LogP contribution in [0.15, 0.2) is 12.7 Å². The van der Waals surface area contributed by atoms with Gasteiger partial charge in [-0.15, -0.1) is 6.58 Å². The van der Waals surface area contributed by atoms with Crippen molar-refractivity contribution in [3.05, 3.63) is 12.7 Å². The number of hydrogen-bond donors (Lipinski definition) is 1. The Morgan fingerprint density at radius 2 is 1.82 bits per heavy atom. The van der Waals surface area contributed by atoms with E-state index >= 15 is 0 Å². The average molecular weight is 239 g/mol. The van der Waals surface area contributed by atoms with E-state index in [9.17, 15) is 4.79 Å². The number of carbonyl (C=O) groups is 1. The van der Waals surface area contributed by atoms with Gasteiger partial charge >= 0.3 is 0 Å². The highest BCUT2D eigenvalue weighted by atomic mass is 16.2.